The summed E-state index contributed by atoms with van der Waals surface area (Å²) in [5.41, 5.74) is 0.319. The van der Waals surface area contributed by atoms with Crippen LogP contribution in [0.25, 0.3) is 0 Å². The molecule has 2 aromatic carbocycles. The monoisotopic (exact) mass is 379 g/mol. The molecule has 26 heavy (non-hydrogen) atoms. The van der Waals surface area contributed by atoms with E-state index in [1.807, 2.05) is 0 Å². The second-order valence-electron chi connectivity index (χ2n) is 5.37. The van der Waals surface area contributed by atoms with Gasteiger partial charge in [0.2, 0.25) is 11.8 Å². The van der Waals surface area contributed by atoms with E-state index >= 15 is 0 Å². The zero-order chi connectivity index (χ0) is 19.2. The van der Waals surface area contributed by atoms with Gasteiger partial charge in [-0.3, -0.25) is 14.9 Å². The molecule has 138 valence electrons. The smallest absolute Gasteiger partial charge is 0.328 e. The van der Waals surface area contributed by atoms with Gasteiger partial charge in [-0.15, -0.1) is 0 Å². The van der Waals surface area contributed by atoms with Crippen LogP contribution in [0.3, 0.4) is 0 Å². The maximum Gasteiger partial charge on any atom is 0.328 e. The minimum atomic E-state index is -4.56. The van der Waals surface area contributed by atoms with E-state index in [1.165, 1.54) is 24.3 Å². The molecule has 0 aliphatic rings. The lowest BCUT2D eigenvalue weighted by molar-refractivity contribution is -0.483. The molecule has 0 fully saturated rings. The van der Waals surface area contributed by atoms with E-state index in [4.69, 9.17) is 4.18 Å². The number of benzene rings is 2. The van der Waals surface area contributed by atoms with Crippen molar-refractivity contribution in [2.45, 2.75) is 11.2 Å². The molecule has 2 rings (SSSR count). The Kier molecular flexibility index (Phi) is 6.29. The quantitative estimate of drug-likeness (QED) is 0.298. The SMILES string of the molecule is COC(=O)[C@H]([C@H](C[N+](=O)[O-])c1ccccc1)S(=O)(=O)Oc1ccccc1. The molecule has 0 amide bonds. The van der Waals surface area contributed by atoms with Crippen LogP contribution in [-0.2, 0) is 19.6 Å². The molecule has 0 N–H and O–H groups in total. The van der Waals surface area contributed by atoms with Gasteiger partial charge in [-0.05, 0) is 17.7 Å². The Labute approximate surface area is 150 Å². The molecule has 0 aliphatic carbocycles. The lowest BCUT2D eigenvalue weighted by Gasteiger charge is -2.22. The van der Waals surface area contributed by atoms with Gasteiger partial charge < -0.3 is 8.92 Å². The third kappa shape index (κ3) is 4.79. The van der Waals surface area contributed by atoms with Crippen LogP contribution in [0, 0.1) is 10.1 Å². The first-order chi connectivity index (χ1) is 12.3. The highest BCUT2D eigenvalue weighted by atomic mass is 32.2. The van der Waals surface area contributed by atoms with Gasteiger partial charge in [-0.1, -0.05) is 48.5 Å². The third-order valence-electron chi connectivity index (χ3n) is 3.64. The fraction of sp³-hybridized carbons (Fsp3) is 0.235. The van der Waals surface area contributed by atoms with Gasteiger partial charge in [0, 0.05) is 4.92 Å². The summed E-state index contributed by atoms with van der Waals surface area (Å²) in [7, 11) is -3.54. The minimum absolute atomic E-state index is 0.00526. The van der Waals surface area contributed by atoms with Crippen LogP contribution in [0.5, 0.6) is 5.75 Å². The topological polar surface area (TPSA) is 113 Å². The lowest BCUT2D eigenvalue weighted by atomic mass is 9.95. The summed E-state index contributed by atoms with van der Waals surface area (Å²) in [6, 6.07) is 15.5. The molecule has 0 saturated carbocycles. The predicted octanol–water partition coefficient (Wildman–Crippen LogP) is 2.00. The summed E-state index contributed by atoms with van der Waals surface area (Å²) in [4.78, 5) is 22.7. The van der Waals surface area contributed by atoms with Crippen LogP contribution in [0.2, 0.25) is 0 Å². The zero-order valence-corrected chi connectivity index (χ0v) is 14.7. The standard InChI is InChI=1S/C17H17NO7S/c1-24-17(19)16(26(22,23)25-14-10-6-3-7-11-14)15(12-18(20)21)13-8-4-2-5-9-13/h2-11,15-16H,12H2,1H3/t15-,16+/m1/s1. The first kappa shape index (κ1) is 19.4. The lowest BCUT2D eigenvalue weighted by Crippen LogP contribution is -2.42. The van der Waals surface area contributed by atoms with Crippen molar-refractivity contribution in [1.82, 2.24) is 0 Å². The number of esters is 1. The van der Waals surface area contributed by atoms with E-state index in [0.717, 1.165) is 7.11 Å². The second-order valence-corrected chi connectivity index (χ2v) is 7.03. The number of nitro groups is 1. The molecule has 0 unspecified atom stereocenters. The number of hydrogen-bond acceptors (Lipinski definition) is 7. The molecule has 2 aromatic rings. The van der Waals surface area contributed by atoms with Crippen LogP contribution >= 0.6 is 0 Å². The first-order valence-corrected chi connectivity index (χ1v) is 9.05. The first-order valence-electron chi connectivity index (χ1n) is 7.58. The highest BCUT2D eigenvalue weighted by Crippen LogP contribution is 2.28. The second kappa shape index (κ2) is 8.43. The van der Waals surface area contributed by atoms with Crippen molar-refractivity contribution in [1.29, 1.82) is 0 Å². The molecule has 0 aliphatic heterocycles. The zero-order valence-electron chi connectivity index (χ0n) is 13.8. The van der Waals surface area contributed by atoms with Crippen molar-refractivity contribution in [2.75, 3.05) is 13.7 Å². The Balaban J connectivity index is 2.49. The summed E-state index contributed by atoms with van der Waals surface area (Å²) < 4.78 is 35.1. The average molecular weight is 379 g/mol. The number of hydrogen-bond donors (Lipinski definition) is 0. The summed E-state index contributed by atoms with van der Waals surface area (Å²) in [5, 5.41) is 9.21. The molecule has 0 saturated heterocycles. The fourth-order valence-corrected chi connectivity index (χ4v) is 3.96. The van der Waals surface area contributed by atoms with Gasteiger partial charge in [0.15, 0.2) is 0 Å². The van der Waals surface area contributed by atoms with Gasteiger partial charge in [-0.2, -0.15) is 8.42 Å². The summed E-state index contributed by atoms with van der Waals surface area (Å²) in [6.07, 6.45) is 0. The molecule has 2 atom stereocenters. The number of rotatable bonds is 8. The van der Waals surface area contributed by atoms with E-state index in [2.05, 4.69) is 4.74 Å². The summed E-state index contributed by atoms with van der Waals surface area (Å²) in [5.74, 6) is -2.40. The number of carbonyl (C=O) groups excluding carboxylic acids is 1. The van der Waals surface area contributed by atoms with Crippen LogP contribution < -0.4 is 4.18 Å². The van der Waals surface area contributed by atoms with E-state index in [9.17, 15) is 23.3 Å². The molecule has 0 aromatic heterocycles. The van der Waals surface area contributed by atoms with Gasteiger partial charge in [-0.25, -0.2) is 0 Å². The number of para-hydroxylation sites is 1. The molecule has 0 spiro atoms. The van der Waals surface area contributed by atoms with E-state index < -0.39 is 38.7 Å². The van der Waals surface area contributed by atoms with Gasteiger partial charge >= 0.3 is 16.1 Å². The summed E-state index contributed by atoms with van der Waals surface area (Å²) >= 11 is 0. The molecular formula is C17H17NO7S. The highest BCUT2D eigenvalue weighted by molar-refractivity contribution is 7.88. The molecule has 0 radical (unpaired) electrons. The normalized spacial score (nSPS) is 13.4. The van der Waals surface area contributed by atoms with Crippen LogP contribution in [-0.4, -0.2) is 38.2 Å². The molecule has 8 nitrogen and oxygen atoms in total. The van der Waals surface area contributed by atoms with Gasteiger partial charge in [0.1, 0.15) is 5.75 Å². The van der Waals surface area contributed by atoms with Crippen molar-refractivity contribution in [3.8, 4) is 5.75 Å². The maximum absolute atomic E-state index is 12.8. The van der Waals surface area contributed by atoms with E-state index in [1.54, 1.807) is 36.4 Å². The fourth-order valence-electron chi connectivity index (χ4n) is 2.50. The van der Waals surface area contributed by atoms with E-state index in [0.29, 0.717) is 5.56 Å². The van der Waals surface area contributed by atoms with Crippen molar-refractivity contribution >= 4 is 16.1 Å². The van der Waals surface area contributed by atoms with Gasteiger partial charge in [0.25, 0.3) is 0 Å². The van der Waals surface area contributed by atoms with Crippen LogP contribution in [0.1, 0.15) is 11.5 Å². The Bertz CT molecular complexity index is 853. The largest absolute Gasteiger partial charge is 0.468 e. The van der Waals surface area contributed by atoms with Crippen molar-refractivity contribution in [3.05, 3.63) is 76.3 Å². The van der Waals surface area contributed by atoms with E-state index in [-0.39, 0.29) is 5.75 Å². The van der Waals surface area contributed by atoms with Crippen molar-refractivity contribution < 1.29 is 27.1 Å². The summed E-state index contributed by atoms with van der Waals surface area (Å²) in [6.45, 7) is -0.777. The molecular weight excluding hydrogens is 362 g/mol. The minimum Gasteiger partial charge on any atom is -0.468 e. The number of ether oxygens (including phenoxy) is 1. The predicted molar refractivity (Wildman–Crippen MR) is 92.8 cm³/mol. The van der Waals surface area contributed by atoms with Crippen molar-refractivity contribution in [2.24, 2.45) is 0 Å². The Morgan fingerprint density at radius 2 is 1.62 bits per heavy atom. The average Bonchev–Trinajstić information content (AvgIpc) is 2.61. The van der Waals surface area contributed by atoms with Crippen molar-refractivity contribution in [3.63, 3.8) is 0 Å². The number of carbonyl (C=O) groups is 1. The third-order valence-corrected chi connectivity index (χ3v) is 5.21. The number of nitrogens with zero attached hydrogens (tertiary/aromatic N) is 1. The van der Waals surface area contributed by atoms with Crippen LogP contribution in [0.15, 0.2) is 60.7 Å². The highest BCUT2D eigenvalue weighted by Gasteiger charge is 2.45. The van der Waals surface area contributed by atoms with Gasteiger partial charge in [0.05, 0.1) is 13.0 Å². The Hall–Kier alpha value is -2.94. The maximum atomic E-state index is 12.8. The Morgan fingerprint density at radius 3 is 2.12 bits per heavy atom. The Morgan fingerprint density at radius 1 is 1.08 bits per heavy atom. The molecule has 9 heteroatoms. The molecule has 0 heterocycles. The number of methoxy groups -OCH3 is 1. The molecule has 0 bridgehead atoms. The van der Waals surface area contributed by atoms with Crippen LogP contribution in [0.4, 0.5) is 0 Å².